The molecule has 0 amide bonds. The summed E-state index contributed by atoms with van der Waals surface area (Å²) in [6.07, 6.45) is 18.6. The lowest BCUT2D eigenvalue weighted by Crippen LogP contribution is -2.23. The Kier molecular flexibility index (Phi) is 8.64. The van der Waals surface area contributed by atoms with Crippen LogP contribution in [-0.4, -0.2) is 9.97 Å². The molecule has 1 rings (SSSR count). The van der Waals surface area contributed by atoms with Crippen LogP contribution in [-0.2, 0) is 5.41 Å². The number of aromatic nitrogens is 2. The van der Waals surface area contributed by atoms with Gasteiger partial charge in [-0.2, -0.15) is 0 Å². The van der Waals surface area contributed by atoms with Gasteiger partial charge in [0.2, 0.25) is 0 Å². The van der Waals surface area contributed by atoms with Crippen LogP contribution in [0.15, 0.2) is 12.4 Å². The highest BCUT2D eigenvalue weighted by Gasteiger charge is 2.27. The lowest BCUT2D eigenvalue weighted by Gasteiger charge is -2.28. The average molecular weight is 278 g/mol. The van der Waals surface area contributed by atoms with E-state index in [1.54, 1.807) is 0 Å². The summed E-state index contributed by atoms with van der Waals surface area (Å²) in [6, 6.07) is 0. The van der Waals surface area contributed by atoms with Crippen molar-refractivity contribution < 1.29 is 0 Å². The number of aromatic amines is 1. The number of nitrogens with one attached hydrogen (secondary N) is 1. The first-order valence-corrected chi connectivity index (χ1v) is 8.73. The van der Waals surface area contributed by atoms with Crippen molar-refractivity contribution in [1.29, 1.82) is 0 Å². The second-order valence-electron chi connectivity index (χ2n) is 6.47. The van der Waals surface area contributed by atoms with Crippen LogP contribution in [0.5, 0.6) is 0 Å². The molecule has 116 valence electrons. The van der Waals surface area contributed by atoms with E-state index in [0.29, 0.717) is 0 Å². The van der Waals surface area contributed by atoms with Crippen molar-refractivity contribution in [3.05, 3.63) is 18.2 Å². The number of hydrogen-bond acceptors (Lipinski definition) is 1. The molecular formula is C18H34N2. The first kappa shape index (κ1) is 17.3. The summed E-state index contributed by atoms with van der Waals surface area (Å²) >= 11 is 0. The number of hydrogen-bond donors (Lipinski definition) is 1. The van der Waals surface area contributed by atoms with E-state index < -0.39 is 0 Å². The maximum atomic E-state index is 4.55. The number of nitrogens with zero attached hydrogens (tertiary/aromatic N) is 1. The number of H-pyrrole nitrogens is 1. The van der Waals surface area contributed by atoms with Crippen LogP contribution in [0.1, 0.15) is 97.2 Å². The predicted octanol–water partition coefficient (Wildman–Crippen LogP) is 6.00. The fourth-order valence-electron chi connectivity index (χ4n) is 3.02. The summed E-state index contributed by atoms with van der Waals surface area (Å²) in [4.78, 5) is 7.91. The molecule has 20 heavy (non-hydrogen) atoms. The molecule has 1 heterocycles. The van der Waals surface area contributed by atoms with E-state index in [1.165, 1.54) is 76.5 Å². The molecule has 1 unspecified atom stereocenters. The van der Waals surface area contributed by atoms with Gasteiger partial charge in [-0.25, -0.2) is 4.98 Å². The zero-order valence-electron chi connectivity index (χ0n) is 13.9. The zero-order chi connectivity index (χ0) is 14.7. The third-order valence-corrected chi connectivity index (χ3v) is 4.48. The van der Waals surface area contributed by atoms with Crippen LogP contribution in [0.25, 0.3) is 0 Å². The van der Waals surface area contributed by atoms with Crippen molar-refractivity contribution in [2.45, 2.75) is 96.8 Å². The molecule has 2 nitrogen and oxygen atoms in total. The van der Waals surface area contributed by atoms with Crippen molar-refractivity contribution in [3.8, 4) is 0 Å². The van der Waals surface area contributed by atoms with Crippen LogP contribution >= 0.6 is 0 Å². The van der Waals surface area contributed by atoms with Gasteiger partial charge in [0.25, 0.3) is 0 Å². The summed E-state index contributed by atoms with van der Waals surface area (Å²) in [6.45, 7) is 6.96. The summed E-state index contributed by atoms with van der Waals surface area (Å²) < 4.78 is 0. The molecule has 0 aliphatic heterocycles. The Bertz CT molecular complexity index is 318. The van der Waals surface area contributed by atoms with Gasteiger partial charge in [0, 0.05) is 17.8 Å². The maximum absolute atomic E-state index is 4.55. The van der Waals surface area contributed by atoms with Gasteiger partial charge in [-0.1, -0.05) is 78.6 Å². The van der Waals surface area contributed by atoms with Crippen LogP contribution in [0.3, 0.4) is 0 Å². The van der Waals surface area contributed by atoms with Crippen molar-refractivity contribution in [2.75, 3.05) is 0 Å². The standard InChI is InChI=1S/C18H34N2/c1-4-6-8-10-12-14-18(3,13-11-9-7-5-2)17-19-15-16-20-17/h15-16H,4-14H2,1-3H3,(H,19,20). The van der Waals surface area contributed by atoms with E-state index in [0.717, 1.165) is 0 Å². The molecule has 0 aliphatic carbocycles. The second kappa shape index (κ2) is 10.0. The first-order valence-electron chi connectivity index (χ1n) is 8.73. The highest BCUT2D eigenvalue weighted by molar-refractivity contribution is 5.06. The SMILES string of the molecule is CCCCCCCC(C)(CCCCCC)c1ncc[nH]1. The molecule has 2 heteroatoms. The monoisotopic (exact) mass is 278 g/mol. The Labute approximate surface area is 125 Å². The van der Waals surface area contributed by atoms with E-state index in [2.05, 4.69) is 30.7 Å². The Balaban J connectivity index is 2.43. The van der Waals surface area contributed by atoms with Gasteiger partial charge in [0.15, 0.2) is 0 Å². The Morgan fingerprint density at radius 2 is 1.45 bits per heavy atom. The van der Waals surface area contributed by atoms with Gasteiger partial charge in [0.05, 0.1) is 0 Å². The Morgan fingerprint density at radius 3 is 1.95 bits per heavy atom. The van der Waals surface area contributed by atoms with Crippen molar-refractivity contribution in [2.24, 2.45) is 0 Å². The molecule has 0 saturated carbocycles. The molecule has 0 aliphatic rings. The fraction of sp³-hybridized carbons (Fsp3) is 0.833. The van der Waals surface area contributed by atoms with E-state index in [9.17, 15) is 0 Å². The summed E-state index contributed by atoms with van der Waals surface area (Å²) in [5.41, 5.74) is 0.253. The molecule has 0 aromatic carbocycles. The molecule has 1 atom stereocenters. The number of unbranched alkanes of at least 4 members (excludes halogenated alkanes) is 7. The minimum absolute atomic E-state index is 0.253. The van der Waals surface area contributed by atoms with Gasteiger partial charge in [-0.15, -0.1) is 0 Å². The second-order valence-corrected chi connectivity index (χ2v) is 6.47. The largest absolute Gasteiger partial charge is 0.348 e. The quantitative estimate of drug-likeness (QED) is 0.467. The summed E-state index contributed by atoms with van der Waals surface area (Å²) in [7, 11) is 0. The van der Waals surface area contributed by atoms with Gasteiger partial charge in [-0.05, 0) is 12.8 Å². The summed E-state index contributed by atoms with van der Waals surface area (Å²) in [5.74, 6) is 1.20. The maximum Gasteiger partial charge on any atom is 0.111 e. The fourth-order valence-corrected chi connectivity index (χ4v) is 3.02. The minimum atomic E-state index is 0.253. The third kappa shape index (κ3) is 6.11. The van der Waals surface area contributed by atoms with E-state index in [-0.39, 0.29) is 5.41 Å². The smallest absolute Gasteiger partial charge is 0.111 e. The minimum Gasteiger partial charge on any atom is -0.348 e. The van der Waals surface area contributed by atoms with Crippen LogP contribution in [0.2, 0.25) is 0 Å². The lowest BCUT2D eigenvalue weighted by atomic mass is 9.79. The highest BCUT2D eigenvalue weighted by atomic mass is 14.9. The molecular weight excluding hydrogens is 244 g/mol. The highest BCUT2D eigenvalue weighted by Crippen LogP contribution is 2.33. The molecule has 0 bridgehead atoms. The molecule has 1 N–H and O–H groups in total. The molecule has 0 radical (unpaired) electrons. The summed E-state index contributed by atoms with van der Waals surface area (Å²) in [5, 5.41) is 0. The van der Waals surface area contributed by atoms with Gasteiger partial charge < -0.3 is 4.98 Å². The molecule has 0 saturated heterocycles. The van der Waals surface area contributed by atoms with Crippen LogP contribution < -0.4 is 0 Å². The van der Waals surface area contributed by atoms with Crippen molar-refractivity contribution in [1.82, 2.24) is 9.97 Å². The predicted molar refractivity (Wildman–Crippen MR) is 88.1 cm³/mol. The van der Waals surface area contributed by atoms with Crippen LogP contribution in [0, 0.1) is 0 Å². The van der Waals surface area contributed by atoms with Gasteiger partial charge >= 0.3 is 0 Å². The molecule has 1 aromatic rings. The Morgan fingerprint density at radius 1 is 0.900 bits per heavy atom. The van der Waals surface area contributed by atoms with Crippen molar-refractivity contribution in [3.63, 3.8) is 0 Å². The van der Waals surface area contributed by atoms with Crippen LogP contribution in [0.4, 0.5) is 0 Å². The lowest BCUT2D eigenvalue weighted by molar-refractivity contribution is 0.347. The van der Waals surface area contributed by atoms with Crippen molar-refractivity contribution >= 4 is 0 Å². The normalized spacial score (nSPS) is 14.3. The molecule has 0 fully saturated rings. The number of rotatable bonds is 12. The average Bonchev–Trinajstić information content (AvgIpc) is 2.98. The first-order chi connectivity index (χ1) is 9.73. The van der Waals surface area contributed by atoms with E-state index >= 15 is 0 Å². The molecule has 0 spiro atoms. The Hall–Kier alpha value is -0.790. The topological polar surface area (TPSA) is 28.7 Å². The van der Waals surface area contributed by atoms with Gasteiger partial charge in [0.1, 0.15) is 5.82 Å². The zero-order valence-corrected chi connectivity index (χ0v) is 13.9. The van der Waals surface area contributed by atoms with E-state index in [4.69, 9.17) is 0 Å². The van der Waals surface area contributed by atoms with Gasteiger partial charge in [-0.3, -0.25) is 0 Å². The third-order valence-electron chi connectivity index (χ3n) is 4.48. The van der Waals surface area contributed by atoms with E-state index in [1.807, 2.05) is 12.4 Å². The molecule has 1 aromatic heterocycles. The number of imidazole rings is 1.